The topological polar surface area (TPSA) is 47.7 Å². The molecular formula is C19H23N5. The summed E-state index contributed by atoms with van der Waals surface area (Å²) in [5, 5.41) is 12.6. The molecule has 24 heavy (non-hydrogen) atoms. The number of aryl methyl sites for hydroxylation is 1. The second kappa shape index (κ2) is 6.61. The Hall–Kier alpha value is -2.40. The van der Waals surface area contributed by atoms with Crippen molar-refractivity contribution in [3.8, 4) is 0 Å². The summed E-state index contributed by atoms with van der Waals surface area (Å²) < 4.78 is 4.02. The molecular weight excluding hydrogens is 298 g/mol. The minimum absolute atomic E-state index is 0.403. The number of rotatable bonds is 5. The van der Waals surface area contributed by atoms with Crippen molar-refractivity contribution in [2.75, 3.05) is 0 Å². The second-order valence-corrected chi connectivity index (χ2v) is 6.53. The first-order valence-electron chi connectivity index (χ1n) is 8.59. The Morgan fingerprint density at radius 3 is 2.88 bits per heavy atom. The molecule has 1 N–H and O–H groups in total. The summed E-state index contributed by atoms with van der Waals surface area (Å²) in [4.78, 5) is 0. The first kappa shape index (κ1) is 15.1. The Labute approximate surface area is 142 Å². The van der Waals surface area contributed by atoms with Crippen molar-refractivity contribution in [1.82, 2.24) is 24.9 Å². The molecule has 0 aliphatic heterocycles. The normalized spacial score (nSPS) is 17.0. The molecule has 0 fully saturated rings. The third-order valence-electron chi connectivity index (χ3n) is 4.80. The summed E-state index contributed by atoms with van der Waals surface area (Å²) in [7, 11) is 2.04. The molecule has 0 bridgehead atoms. The van der Waals surface area contributed by atoms with Gasteiger partial charge < -0.3 is 5.32 Å². The lowest BCUT2D eigenvalue weighted by Gasteiger charge is -2.23. The Balaban J connectivity index is 1.39. The maximum Gasteiger partial charge on any atom is 0.0659 e. The number of aromatic nitrogens is 4. The molecule has 0 amide bonds. The van der Waals surface area contributed by atoms with E-state index in [1.807, 2.05) is 34.9 Å². The molecule has 1 aliphatic rings. The van der Waals surface area contributed by atoms with Gasteiger partial charge in [-0.25, -0.2) is 0 Å². The third kappa shape index (κ3) is 3.12. The summed E-state index contributed by atoms with van der Waals surface area (Å²) in [6.07, 6.45) is 9.65. The monoisotopic (exact) mass is 321 g/mol. The fourth-order valence-electron chi connectivity index (χ4n) is 3.51. The van der Waals surface area contributed by atoms with E-state index < -0.39 is 0 Å². The number of nitrogens with zero attached hydrogens (tertiary/aromatic N) is 4. The fourth-order valence-corrected chi connectivity index (χ4v) is 3.51. The Morgan fingerprint density at radius 1 is 1.12 bits per heavy atom. The average molecular weight is 321 g/mol. The van der Waals surface area contributed by atoms with Gasteiger partial charge in [0.2, 0.25) is 0 Å². The summed E-state index contributed by atoms with van der Waals surface area (Å²) in [6.45, 7) is 1.66. The van der Waals surface area contributed by atoms with Crippen LogP contribution in [0.3, 0.4) is 0 Å². The molecule has 4 rings (SSSR count). The van der Waals surface area contributed by atoms with Gasteiger partial charge in [-0.3, -0.25) is 9.36 Å². The maximum absolute atomic E-state index is 4.48. The predicted molar refractivity (Wildman–Crippen MR) is 93.5 cm³/mol. The van der Waals surface area contributed by atoms with Crippen LogP contribution in [0.1, 0.15) is 41.3 Å². The van der Waals surface area contributed by atoms with Crippen molar-refractivity contribution in [3.63, 3.8) is 0 Å². The molecule has 2 heterocycles. The highest BCUT2D eigenvalue weighted by Crippen LogP contribution is 2.29. The molecule has 5 nitrogen and oxygen atoms in total. The molecule has 1 unspecified atom stereocenters. The van der Waals surface area contributed by atoms with Crippen molar-refractivity contribution >= 4 is 0 Å². The van der Waals surface area contributed by atoms with E-state index in [0.29, 0.717) is 6.04 Å². The highest BCUT2D eigenvalue weighted by molar-refractivity contribution is 5.25. The van der Waals surface area contributed by atoms with E-state index in [9.17, 15) is 0 Å². The SMILES string of the molecule is Cn1ncc2c1CCCC2NCc1cnn(Cc2ccccc2)c1. The van der Waals surface area contributed by atoms with Gasteiger partial charge in [-0.15, -0.1) is 0 Å². The molecule has 0 spiro atoms. The van der Waals surface area contributed by atoms with E-state index in [1.54, 1.807) is 0 Å². The van der Waals surface area contributed by atoms with Gasteiger partial charge in [-0.05, 0) is 24.8 Å². The zero-order valence-electron chi connectivity index (χ0n) is 14.0. The van der Waals surface area contributed by atoms with E-state index in [1.165, 1.54) is 35.2 Å². The van der Waals surface area contributed by atoms with Crippen LogP contribution in [0.5, 0.6) is 0 Å². The van der Waals surface area contributed by atoms with E-state index in [4.69, 9.17) is 0 Å². The second-order valence-electron chi connectivity index (χ2n) is 6.53. The minimum Gasteiger partial charge on any atom is -0.306 e. The Morgan fingerprint density at radius 2 is 2.00 bits per heavy atom. The summed E-state index contributed by atoms with van der Waals surface area (Å²) in [5.74, 6) is 0. The summed E-state index contributed by atoms with van der Waals surface area (Å²) >= 11 is 0. The van der Waals surface area contributed by atoms with Crippen LogP contribution in [0, 0.1) is 0 Å². The van der Waals surface area contributed by atoms with Gasteiger partial charge in [0.25, 0.3) is 0 Å². The molecule has 1 aliphatic carbocycles. The summed E-state index contributed by atoms with van der Waals surface area (Å²) in [6, 6.07) is 10.8. The molecule has 1 atom stereocenters. The number of fused-ring (bicyclic) bond motifs is 1. The van der Waals surface area contributed by atoms with E-state index in [-0.39, 0.29) is 0 Å². The van der Waals surface area contributed by atoms with Gasteiger partial charge in [-0.1, -0.05) is 30.3 Å². The van der Waals surface area contributed by atoms with Crippen molar-refractivity contribution in [2.45, 2.75) is 38.4 Å². The highest BCUT2D eigenvalue weighted by atomic mass is 15.3. The van der Waals surface area contributed by atoms with Crippen LogP contribution in [-0.4, -0.2) is 19.6 Å². The van der Waals surface area contributed by atoms with Gasteiger partial charge >= 0.3 is 0 Å². The molecule has 3 aromatic rings. The average Bonchev–Trinajstić information content (AvgIpc) is 3.21. The third-order valence-corrected chi connectivity index (χ3v) is 4.80. The van der Waals surface area contributed by atoms with E-state index in [0.717, 1.165) is 19.5 Å². The fraction of sp³-hybridized carbons (Fsp3) is 0.368. The smallest absolute Gasteiger partial charge is 0.0659 e. The van der Waals surface area contributed by atoms with Crippen LogP contribution in [0.2, 0.25) is 0 Å². The van der Waals surface area contributed by atoms with Crippen LogP contribution >= 0.6 is 0 Å². The van der Waals surface area contributed by atoms with Crippen LogP contribution in [0.4, 0.5) is 0 Å². The molecule has 0 saturated heterocycles. The van der Waals surface area contributed by atoms with Gasteiger partial charge in [0.15, 0.2) is 0 Å². The van der Waals surface area contributed by atoms with Crippen molar-refractivity contribution in [1.29, 1.82) is 0 Å². The number of benzene rings is 1. The highest BCUT2D eigenvalue weighted by Gasteiger charge is 2.22. The lowest BCUT2D eigenvalue weighted by molar-refractivity contribution is 0.452. The lowest BCUT2D eigenvalue weighted by Crippen LogP contribution is -2.24. The van der Waals surface area contributed by atoms with Gasteiger partial charge in [0.05, 0.1) is 18.9 Å². The van der Waals surface area contributed by atoms with Crippen LogP contribution in [0.15, 0.2) is 48.9 Å². The largest absolute Gasteiger partial charge is 0.306 e. The van der Waals surface area contributed by atoms with Crippen LogP contribution in [0.25, 0.3) is 0 Å². The van der Waals surface area contributed by atoms with Gasteiger partial charge in [0.1, 0.15) is 0 Å². The van der Waals surface area contributed by atoms with Crippen molar-refractivity contribution in [3.05, 3.63) is 71.3 Å². The van der Waals surface area contributed by atoms with E-state index >= 15 is 0 Å². The minimum atomic E-state index is 0.403. The van der Waals surface area contributed by atoms with Gasteiger partial charge in [-0.2, -0.15) is 10.2 Å². The zero-order chi connectivity index (χ0) is 16.4. The molecule has 2 aromatic heterocycles. The molecule has 0 saturated carbocycles. The lowest BCUT2D eigenvalue weighted by atomic mass is 9.93. The summed E-state index contributed by atoms with van der Waals surface area (Å²) in [5.41, 5.74) is 5.23. The first-order chi connectivity index (χ1) is 11.8. The standard InChI is InChI=1S/C19H23N5/c1-23-19-9-5-8-18(17(19)12-21-23)20-10-16-11-22-24(14-16)13-15-6-3-2-4-7-15/h2-4,6-7,11-12,14,18,20H,5,8-10,13H2,1H3. The maximum atomic E-state index is 4.48. The van der Waals surface area contributed by atoms with Crippen molar-refractivity contribution in [2.24, 2.45) is 7.05 Å². The number of nitrogens with one attached hydrogen (secondary N) is 1. The Kier molecular flexibility index (Phi) is 4.17. The quantitative estimate of drug-likeness (QED) is 0.786. The first-order valence-corrected chi connectivity index (χ1v) is 8.59. The number of hydrogen-bond acceptors (Lipinski definition) is 3. The molecule has 124 valence electrons. The molecule has 1 aromatic carbocycles. The molecule has 0 radical (unpaired) electrons. The van der Waals surface area contributed by atoms with E-state index in [2.05, 4.69) is 46.0 Å². The predicted octanol–water partition coefficient (Wildman–Crippen LogP) is 2.83. The Bertz CT molecular complexity index is 802. The molecule has 5 heteroatoms. The number of hydrogen-bond donors (Lipinski definition) is 1. The zero-order valence-corrected chi connectivity index (χ0v) is 14.0. The van der Waals surface area contributed by atoms with Crippen LogP contribution in [-0.2, 0) is 26.6 Å². The van der Waals surface area contributed by atoms with Crippen molar-refractivity contribution < 1.29 is 0 Å². The van der Waals surface area contributed by atoms with Crippen LogP contribution < -0.4 is 5.32 Å². The van der Waals surface area contributed by atoms with Gasteiger partial charge in [0, 0.05) is 42.7 Å².